The van der Waals surface area contributed by atoms with Crippen LogP contribution in [0.15, 0.2) is 42.7 Å². The molecule has 1 atom stereocenters. The largest absolute Gasteiger partial charge is 0.323 e. The van der Waals surface area contributed by atoms with Crippen LogP contribution >= 0.6 is 0 Å². The summed E-state index contributed by atoms with van der Waals surface area (Å²) in [4.78, 5) is 20.4. The van der Waals surface area contributed by atoms with Crippen molar-refractivity contribution < 1.29 is 4.79 Å². The van der Waals surface area contributed by atoms with Gasteiger partial charge in [-0.1, -0.05) is 37.3 Å². The van der Waals surface area contributed by atoms with Crippen LogP contribution in [0.4, 0.5) is 5.69 Å². The molecule has 0 radical (unpaired) electrons. The summed E-state index contributed by atoms with van der Waals surface area (Å²) in [6, 6.07) is 9.88. The molecular weight excluding hydrogens is 264 g/mol. The van der Waals surface area contributed by atoms with E-state index in [9.17, 15) is 4.79 Å². The fraction of sp³-hybridized carbons (Fsp3) is 0.312. The molecule has 21 heavy (non-hydrogen) atoms. The second-order valence-corrected chi connectivity index (χ2v) is 4.87. The molecule has 0 aliphatic rings. The summed E-state index contributed by atoms with van der Waals surface area (Å²) in [5, 5.41) is 6.01. The summed E-state index contributed by atoms with van der Waals surface area (Å²) in [7, 11) is 0. The number of hydrogen-bond acceptors (Lipinski definition) is 4. The zero-order valence-corrected chi connectivity index (χ0v) is 12.3. The molecule has 0 aliphatic heterocycles. The van der Waals surface area contributed by atoms with Crippen LogP contribution in [0.3, 0.4) is 0 Å². The Labute approximate surface area is 124 Å². The number of benzene rings is 1. The normalized spacial score (nSPS) is 11.9. The number of nitrogens with one attached hydrogen (secondary N) is 2. The molecule has 2 rings (SSSR count). The van der Waals surface area contributed by atoms with Crippen LogP contribution in [-0.2, 0) is 4.79 Å². The molecule has 0 bridgehead atoms. The van der Waals surface area contributed by atoms with Crippen molar-refractivity contribution in [1.29, 1.82) is 0 Å². The van der Waals surface area contributed by atoms with E-state index in [1.54, 1.807) is 12.4 Å². The zero-order chi connectivity index (χ0) is 15.1. The monoisotopic (exact) mass is 284 g/mol. The van der Waals surface area contributed by atoms with E-state index in [-0.39, 0.29) is 11.9 Å². The van der Waals surface area contributed by atoms with E-state index in [0.29, 0.717) is 17.9 Å². The summed E-state index contributed by atoms with van der Waals surface area (Å²) in [5.41, 5.74) is 1.57. The van der Waals surface area contributed by atoms with Crippen LogP contribution < -0.4 is 10.6 Å². The van der Waals surface area contributed by atoms with Crippen LogP contribution in [0.2, 0.25) is 0 Å². The lowest BCUT2D eigenvalue weighted by Crippen LogP contribution is -2.30. The summed E-state index contributed by atoms with van der Waals surface area (Å²) >= 11 is 0. The minimum Gasteiger partial charge on any atom is -0.323 e. The van der Waals surface area contributed by atoms with Crippen molar-refractivity contribution in [2.24, 2.45) is 0 Å². The third-order valence-electron chi connectivity index (χ3n) is 3.01. The smallest absolute Gasteiger partial charge is 0.226 e. The van der Waals surface area contributed by atoms with E-state index >= 15 is 0 Å². The average Bonchev–Trinajstić information content (AvgIpc) is 2.49. The highest BCUT2D eigenvalue weighted by Gasteiger charge is 2.09. The van der Waals surface area contributed by atoms with Crippen LogP contribution in [0, 0.1) is 0 Å². The topological polar surface area (TPSA) is 66.9 Å². The maximum absolute atomic E-state index is 11.8. The van der Waals surface area contributed by atoms with Crippen molar-refractivity contribution in [3.05, 3.63) is 42.7 Å². The van der Waals surface area contributed by atoms with E-state index in [1.165, 1.54) is 0 Å². The Morgan fingerprint density at radius 3 is 2.48 bits per heavy atom. The first-order chi connectivity index (χ1) is 10.2. The van der Waals surface area contributed by atoms with Gasteiger partial charge >= 0.3 is 0 Å². The highest BCUT2D eigenvalue weighted by atomic mass is 16.1. The van der Waals surface area contributed by atoms with Gasteiger partial charge in [0.25, 0.3) is 0 Å². The highest BCUT2D eigenvalue weighted by molar-refractivity contribution is 5.90. The number of rotatable bonds is 6. The highest BCUT2D eigenvalue weighted by Crippen LogP contribution is 2.14. The van der Waals surface area contributed by atoms with E-state index in [1.807, 2.05) is 44.2 Å². The molecule has 1 heterocycles. The number of anilines is 1. The Morgan fingerprint density at radius 2 is 1.86 bits per heavy atom. The molecule has 110 valence electrons. The van der Waals surface area contributed by atoms with Gasteiger partial charge in [0.05, 0.1) is 18.1 Å². The van der Waals surface area contributed by atoms with E-state index in [0.717, 1.165) is 12.1 Å². The minimum absolute atomic E-state index is 0.0421. The molecule has 1 aromatic heterocycles. The molecule has 2 N–H and O–H groups in total. The Kier molecular flexibility index (Phi) is 5.40. The van der Waals surface area contributed by atoms with Gasteiger partial charge in [-0.25, -0.2) is 9.97 Å². The molecule has 2 aromatic rings. The lowest BCUT2D eigenvalue weighted by Gasteiger charge is -2.11. The Morgan fingerprint density at radius 1 is 1.19 bits per heavy atom. The first-order valence-electron chi connectivity index (χ1n) is 7.09. The summed E-state index contributed by atoms with van der Waals surface area (Å²) in [5.74, 6) is 0.606. The van der Waals surface area contributed by atoms with Gasteiger partial charge in [-0.2, -0.15) is 0 Å². The van der Waals surface area contributed by atoms with Gasteiger partial charge < -0.3 is 10.6 Å². The van der Waals surface area contributed by atoms with Gasteiger partial charge in [0.15, 0.2) is 5.82 Å². The van der Waals surface area contributed by atoms with E-state index in [4.69, 9.17) is 0 Å². The molecule has 5 nitrogen and oxygen atoms in total. The SMILES string of the molecule is CCNC(C)CC(=O)Nc1cnc(-c2ccccc2)nc1. The lowest BCUT2D eigenvalue weighted by molar-refractivity contribution is -0.116. The summed E-state index contributed by atoms with van der Waals surface area (Å²) in [6.07, 6.45) is 3.69. The number of carbonyl (C=O) groups excluding carboxylic acids is 1. The molecule has 0 aliphatic carbocycles. The average molecular weight is 284 g/mol. The maximum Gasteiger partial charge on any atom is 0.226 e. The molecule has 0 fully saturated rings. The summed E-state index contributed by atoms with van der Waals surface area (Å²) in [6.45, 7) is 4.85. The predicted molar refractivity (Wildman–Crippen MR) is 83.9 cm³/mol. The fourth-order valence-electron chi connectivity index (χ4n) is 2.04. The number of amides is 1. The second-order valence-electron chi connectivity index (χ2n) is 4.87. The minimum atomic E-state index is -0.0421. The quantitative estimate of drug-likeness (QED) is 0.855. The number of carbonyl (C=O) groups is 1. The predicted octanol–water partition coefficient (Wildman–Crippen LogP) is 2.47. The van der Waals surface area contributed by atoms with Crippen molar-refractivity contribution in [1.82, 2.24) is 15.3 Å². The van der Waals surface area contributed by atoms with Crippen LogP contribution in [0.1, 0.15) is 20.3 Å². The standard InChI is InChI=1S/C16H20N4O/c1-3-17-12(2)9-15(21)20-14-10-18-16(19-11-14)13-7-5-4-6-8-13/h4-8,10-12,17H,3,9H2,1-2H3,(H,20,21). The van der Waals surface area contributed by atoms with Gasteiger partial charge in [-0.15, -0.1) is 0 Å². The Balaban J connectivity index is 1.95. The number of nitrogens with zero attached hydrogens (tertiary/aromatic N) is 2. The van der Waals surface area contributed by atoms with E-state index < -0.39 is 0 Å². The fourth-order valence-corrected chi connectivity index (χ4v) is 2.04. The van der Waals surface area contributed by atoms with Gasteiger partial charge in [0.1, 0.15) is 0 Å². The van der Waals surface area contributed by atoms with Crippen LogP contribution in [-0.4, -0.2) is 28.5 Å². The summed E-state index contributed by atoms with van der Waals surface area (Å²) < 4.78 is 0. The third-order valence-corrected chi connectivity index (χ3v) is 3.01. The van der Waals surface area contributed by atoms with Crippen molar-refractivity contribution in [3.63, 3.8) is 0 Å². The van der Waals surface area contributed by atoms with Crippen LogP contribution in [0.5, 0.6) is 0 Å². The molecule has 1 amide bonds. The van der Waals surface area contributed by atoms with Crippen molar-refractivity contribution in [3.8, 4) is 11.4 Å². The van der Waals surface area contributed by atoms with Gasteiger partial charge in [0.2, 0.25) is 5.91 Å². The molecule has 0 saturated heterocycles. The zero-order valence-electron chi connectivity index (χ0n) is 12.3. The van der Waals surface area contributed by atoms with Gasteiger partial charge in [0, 0.05) is 18.0 Å². The lowest BCUT2D eigenvalue weighted by atomic mass is 10.2. The molecule has 1 aromatic carbocycles. The van der Waals surface area contributed by atoms with Gasteiger partial charge in [-0.05, 0) is 13.5 Å². The van der Waals surface area contributed by atoms with Crippen LogP contribution in [0.25, 0.3) is 11.4 Å². The van der Waals surface area contributed by atoms with Crippen molar-refractivity contribution in [2.75, 3.05) is 11.9 Å². The van der Waals surface area contributed by atoms with E-state index in [2.05, 4.69) is 20.6 Å². The Bertz CT molecular complexity index is 569. The molecule has 5 heteroatoms. The maximum atomic E-state index is 11.8. The first-order valence-corrected chi connectivity index (χ1v) is 7.09. The number of aromatic nitrogens is 2. The van der Waals surface area contributed by atoms with Gasteiger partial charge in [-0.3, -0.25) is 4.79 Å². The second kappa shape index (κ2) is 7.50. The molecule has 1 unspecified atom stereocenters. The molecule has 0 spiro atoms. The Hall–Kier alpha value is -2.27. The number of hydrogen-bond donors (Lipinski definition) is 2. The first kappa shape index (κ1) is 15.1. The molecular formula is C16H20N4O. The van der Waals surface area contributed by atoms with Crippen molar-refractivity contribution >= 4 is 11.6 Å². The third kappa shape index (κ3) is 4.65. The van der Waals surface area contributed by atoms with Crippen molar-refractivity contribution in [2.45, 2.75) is 26.3 Å². The molecule has 0 saturated carbocycles.